The van der Waals surface area contributed by atoms with Gasteiger partial charge in [0.2, 0.25) is 5.69 Å². The van der Waals surface area contributed by atoms with E-state index in [0.717, 1.165) is 46.7 Å². The molecule has 108 heavy (non-hydrogen) atoms. The minimum absolute atomic E-state index is 0.170. The van der Waals surface area contributed by atoms with Crippen LogP contribution in [0.25, 0.3) is 11.3 Å². The third-order valence-corrected chi connectivity index (χ3v) is 22.6. The van der Waals surface area contributed by atoms with Crippen LogP contribution in [0.5, 0.6) is 0 Å². The van der Waals surface area contributed by atoms with Crippen molar-refractivity contribution in [3.8, 4) is 11.3 Å². The van der Waals surface area contributed by atoms with E-state index in [9.17, 15) is 0 Å². The van der Waals surface area contributed by atoms with Crippen molar-refractivity contribution >= 4 is 56.9 Å². The van der Waals surface area contributed by atoms with E-state index in [4.69, 9.17) is 8.22 Å². The molecule has 564 valence electrons. The highest BCUT2D eigenvalue weighted by Gasteiger charge is 2.36. The summed E-state index contributed by atoms with van der Waals surface area (Å²) >= 11 is 0. The van der Waals surface area contributed by atoms with Gasteiger partial charge in [0, 0.05) is 125 Å². The molecule has 9 aromatic carbocycles. The summed E-state index contributed by atoms with van der Waals surface area (Å²) in [5.74, 6) is 0. The van der Waals surface area contributed by atoms with Crippen LogP contribution in [-0.4, -0.2) is 68.7 Å². The van der Waals surface area contributed by atoms with Gasteiger partial charge in [-0.25, -0.2) is 4.57 Å². The van der Waals surface area contributed by atoms with Crippen LogP contribution in [0.1, 0.15) is 147 Å². The molecule has 1 aromatic heterocycles. The van der Waals surface area contributed by atoms with Crippen LogP contribution in [0.3, 0.4) is 0 Å². The SMILES string of the molecule is CCC(C)(C)c1cc(-c2ccc(C)cc2C)[n+](C)cc1C(C)(C)CC.Cc1ccccc1N1C=CN(C)C1C.Cc1ccccc1N1C=CN(c2ccccc2)C1C.Cc1ccccc1N1c2ccccc2N(C)C1C.[2H]C([2H])([2H])N1C=CN(c2ccccc2C)C1C.[2H]C([2H])([2H])N1c2ccccc2N(c2ccccc2C)C1C. The van der Waals surface area contributed by atoms with E-state index in [-0.39, 0.29) is 23.2 Å². The lowest BCUT2D eigenvalue weighted by atomic mass is 9.71. The lowest BCUT2D eigenvalue weighted by Gasteiger charge is -2.32. The molecule has 0 spiro atoms. The molecule has 0 fully saturated rings. The summed E-state index contributed by atoms with van der Waals surface area (Å²) < 4.78 is 48.1. The molecule has 5 aliphatic heterocycles. The first kappa shape index (κ1) is 71.6. The molecule has 5 aliphatic rings. The number of pyridine rings is 1. The number of anilines is 10. The van der Waals surface area contributed by atoms with E-state index >= 15 is 0 Å². The summed E-state index contributed by atoms with van der Waals surface area (Å²) in [6, 6.07) is 77.5. The molecule has 11 heteroatoms. The lowest BCUT2D eigenvalue weighted by molar-refractivity contribution is -0.661. The Balaban J connectivity index is 0.000000146. The van der Waals surface area contributed by atoms with Gasteiger partial charge in [0.15, 0.2) is 6.20 Å². The van der Waals surface area contributed by atoms with E-state index in [0.29, 0.717) is 18.5 Å². The minimum Gasteiger partial charge on any atom is -0.359 e. The number of hydrogen-bond acceptors (Lipinski definition) is 10. The molecule has 0 bridgehead atoms. The Morgan fingerprint density at radius 3 is 1.12 bits per heavy atom. The molecule has 15 rings (SSSR count). The Morgan fingerprint density at radius 2 is 0.704 bits per heavy atom. The highest BCUT2D eigenvalue weighted by Crippen LogP contribution is 2.46. The zero-order valence-corrected chi connectivity index (χ0v) is 68.1. The van der Waals surface area contributed by atoms with Gasteiger partial charge >= 0.3 is 0 Å². The molecular formula is C97H122N11+. The monoisotopic (exact) mass is 1450 g/mol. The molecule has 0 saturated carbocycles. The van der Waals surface area contributed by atoms with E-state index in [2.05, 4.69) is 334 Å². The van der Waals surface area contributed by atoms with Gasteiger partial charge in [-0.2, -0.15) is 0 Å². The summed E-state index contributed by atoms with van der Waals surface area (Å²) in [6.45, 7) is 35.2. The molecule has 0 saturated heterocycles. The van der Waals surface area contributed by atoms with Crippen molar-refractivity contribution in [1.82, 2.24) is 9.80 Å². The Hall–Kier alpha value is -10.7. The number of fused-ring (bicyclic) bond motifs is 2. The normalized spacial score (nSPS) is 18.5. The first-order valence-electron chi connectivity index (χ1n) is 41.5. The Morgan fingerprint density at radius 1 is 0.343 bits per heavy atom. The topological polar surface area (TPSA) is 36.3 Å². The molecule has 0 N–H and O–H groups in total. The van der Waals surface area contributed by atoms with Crippen LogP contribution in [-0.2, 0) is 17.9 Å². The molecule has 0 aliphatic carbocycles. The number of hydrogen-bond donors (Lipinski definition) is 0. The highest BCUT2D eigenvalue weighted by molar-refractivity contribution is 5.85. The molecule has 10 aromatic rings. The van der Waals surface area contributed by atoms with E-state index in [1.807, 2.05) is 118 Å². The number of aryl methyl sites for hydroxylation is 8. The molecular weight excluding hydrogens is 1320 g/mol. The first-order chi connectivity index (χ1) is 54.0. The van der Waals surface area contributed by atoms with Gasteiger partial charge in [-0.3, -0.25) is 0 Å². The predicted molar refractivity (Wildman–Crippen MR) is 466 cm³/mol. The van der Waals surface area contributed by atoms with Crippen molar-refractivity contribution < 1.29 is 12.8 Å². The Kier molecular flexibility index (Phi) is 23.2. The summed E-state index contributed by atoms with van der Waals surface area (Å²) in [5, 5.41) is 0. The number of nitrogens with zero attached hydrogens (tertiary/aromatic N) is 11. The van der Waals surface area contributed by atoms with E-state index in [1.54, 1.807) is 6.20 Å². The fraction of sp³-hybridized carbons (Fsp3) is 0.330. The van der Waals surface area contributed by atoms with Gasteiger partial charge in [-0.1, -0.05) is 193 Å². The lowest BCUT2D eigenvalue weighted by Crippen LogP contribution is -2.37. The van der Waals surface area contributed by atoms with Crippen LogP contribution < -0.4 is 43.8 Å². The molecule has 0 radical (unpaired) electrons. The Bertz CT molecular complexity index is 4990. The van der Waals surface area contributed by atoms with Crippen molar-refractivity contribution in [1.29, 1.82) is 0 Å². The van der Waals surface area contributed by atoms with Crippen LogP contribution >= 0.6 is 0 Å². The Labute approximate surface area is 658 Å². The average molecular weight is 1450 g/mol. The molecule has 6 heterocycles. The molecule has 5 unspecified atom stereocenters. The van der Waals surface area contributed by atoms with Crippen LogP contribution in [0.4, 0.5) is 56.9 Å². The largest absolute Gasteiger partial charge is 0.359 e. The van der Waals surface area contributed by atoms with Crippen LogP contribution in [0, 0.1) is 48.5 Å². The average Bonchev–Trinajstić information content (AvgIpc) is 1.64. The quantitative estimate of drug-likeness (QED) is 0.117. The van der Waals surface area contributed by atoms with Gasteiger partial charge < -0.3 is 49.0 Å². The van der Waals surface area contributed by atoms with Crippen molar-refractivity contribution in [2.24, 2.45) is 7.05 Å². The molecule has 11 nitrogen and oxygen atoms in total. The third kappa shape index (κ3) is 17.5. The second kappa shape index (κ2) is 34.9. The third-order valence-electron chi connectivity index (χ3n) is 22.6. The van der Waals surface area contributed by atoms with Gasteiger partial charge in [-0.05, 0) is 218 Å². The first-order valence-corrected chi connectivity index (χ1v) is 38.5. The summed E-state index contributed by atoms with van der Waals surface area (Å²) in [6.07, 6.45) is 17.3. The zero-order chi connectivity index (χ0) is 82.9. The summed E-state index contributed by atoms with van der Waals surface area (Å²) in [4.78, 5) is 20.8. The highest BCUT2D eigenvalue weighted by atomic mass is 15.4. The fourth-order valence-corrected chi connectivity index (χ4v) is 14.7. The fourth-order valence-electron chi connectivity index (χ4n) is 14.7. The van der Waals surface area contributed by atoms with Crippen LogP contribution in [0.2, 0.25) is 0 Å². The van der Waals surface area contributed by atoms with E-state index in [1.165, 1.54) is 94.1 Å². The van der Waals surface area contributed by atoms with Crippen molar-refractivity contribution in [3.63, 3.8) is 0 Å². The maximum atomic E-state index is 7.83. The van der Waals surface area contributed by atoms with Crippen molar-refractivity contribution in [2.75, 3.05) is 67.2 Å². The maximum Gasteiger partial charge on any atom is 0.212 e. The van der Waals surface area contributed by atoms with Crippen molar-refractivity contribution in [2.45, 2.75) is 179 Å². The summed E-state index contributed by atoms with van der Waals surface area (Å²) in [7, 11) is 6.44. The second-order valence-electron chi connectivity index (χ2n) is 30.6. The number of para-hydroxylation sites is 10. The minimum atomic E-state index is -2.16. The number of aromatic nitrogens is 1. The van der Waals surface area contributed by atoms with Gasteiger partial charge in [0.05, 0.1) is 22.7 Å². The van der Waals surface area contributed by atoms with Gasteiger partial charge in [0.25, 0.3) is 0 Å². The second-order valence-corrected chi connectivity index (χ2v) is 30.6. The molecule has 5 atom stereocenters. The standard InChI is InChI=1S/C24H36N.C17H18N2.2C16H18N2.2C12H16N2/c1-10-23(5,6)20-15-22(19-13-12-17(3)14-18(19)4)25(9)16-21(20)24(7,8)11-2;1-14-8-6-7-11-17(14)19-13-12-18(15(19)2)16-9-4-3-5-10-16;2*1-12-8-4-5-9-14(12)18-13(2)17(3)15-10-6-7-11-16(15)18;2*1-10-6-4-5-7-12(10)14-9-8-13(3)11(14)2/h12-16H,10-11H2,1-9H3;3-13,15H,1-2H3;2*4-11,13H,1-3H3;2*4-9,11H,1-3H3/q+1;;;;;/i;;3D3;;3D3;. The summed E-state index contributed by atoms with van der Waals surface area (Å²) in [5.41, 5.74) is 26.3. The van der Waals surface area contributed by atoms with Crippen LogP contribution in [0.15, 0.2) is 268 Å². The number of rotatable bonds is 11. The zero-order valence-electron chi connectivity index (χ0n) is 74.1. The number of benzene rings is 9. The predicted octanol–water partition coefficient (Wildman–Crippen LogP) is 23.3. The van der Waals surface area contributed by atoms with Gasteiger partial charge in [-0.15, -0.1) is 0 Å². The van der Waals surface area contributed by atoms with Gasteiger partial charge in [0.1, 0.15) is 37.9 Å². The maximum absolute atomic E-state index is 7.83. The van der Waals surface area contributed by atoms with Crippen molar-refractivity contribution in [3.05, 3.63) is 318 Å². The van der Waals surface area contributed by atoms with E-state index < -0.39 is 14.0 Å². The molecule has 0 amide bonds. The smallest absolute Gasteiger partial charge is 0.212 e.